The van der Waals surface area contributed by atoms with Gasteiger partial charge in [-0.15, -0.1) is 0 Å². The van der Waals surface area contributed by atoms with Crippen LogP contribution in [-0.2, 0) is 16.1 Å². The van der Waals surface area contributed by atoms with Gasteiger partial charge in [0.05, 0.1) is 5.92 Å². The molecule has 1 aromatic heterocycles. The third-order valence-corrected chi connectivity index (χ3v) is 4.25. The fourth-order valence-electron chi connectivity index (χ4n) is 2.49. The van der Waals surface area contributed by atoms with Gasteiger partial charge in [0.2, 0.25) is 0 Å². The third kappa shape index (κ3) is 3.48. The lowest BCUT2D eigenvalue weighted by Crippen LogP contribution is -2.10. The minimum atomic E-state index is -4.60. The number of furan rings is 1. The first-order chi connectivity index (χ1) is 10.0. The van der Waals surface area contributed by atoms with Crippen molar-refractivity contribution < 1.29 is 27.1 Å². The summed E-state index contributed by atoms with van der Waals surface area (Å²) in [5.41, 5.74) is -0.610. The van der Waals surface area contributed by atoms with E-state index in [0.29, 0.717) is 11.5 Å². The lowest BCUT2D eigenvalue weighted by atomic mass is 10.1. The van der Waals surface area contributed by atoms with E-state index in [4.69, 9.17) is 20.8 Å². The summed E-state index contributed by atoms with van der Waals surface area (Å²) in [5.74, 6) is -0.598. The Bertz CT molecular complexity index is 601. The Morgan fingerprint density at radius 2 is 2.09 bits per heavy atom. The van der Waals surface area contributed by atoms with Gasteiger partial charge in [-0.1, -0.05) is 31.5 Å². The Labute approximate surface area is 131 Å². The van der Waals surface area contributed by atoms with E-state index in [0.717, 1.165) is 6.08 Å². The van der Waals surface area contributed by atoms with Crippen LogP contribution in [0.15, 0.2) is 27.7 Å². The SMILES string of the molecule is Cc1ccc(COC(=O)C2C(/C=C(\Cl)C(F)(F)F)C2(C)C)o1. The quantitative estimate of drug-likeness (QED) is 0.755. The van der Waals surface area contributed by atoms with E-state index >= 15 is 0 Å². The van der Waals surface area contributed by atoms with Gasteiger partial charge in [-0.3, -0.25) is 4.79 Å². The highest BCUT2D eigenvalue weighted by Crippen LogP contribution is 2.60. The Balaban J connectivity index is 1.98. The largest absolute Gasteiger partial charge is 0.463 e. The second-order valence-electron chi connectivity index (χ2n) is 5.96. The minimum Gasteiger partial charge on any atom is -0.463 e. The number of halogens is 4. The van der Waals surface area contributed by atoms with Crippen molar-refractivity contribution in [1.29, 1.82) is 0 Å². The second-order valence-corrected chi connectivity index (χ2v) is 6.36. The van der Waals surface area contributed by atoms with Gasteiger partial charge >= 0.3 is 12.1 Å². The predicted octanol–water partition coefficient (Wildman–Crippen LogP) is 4.59. The highest BCUT2D eigenvalue weighted by molar-refractivity contribution is 6.30. The summed E-state index contributed by atoms with van der Waals surface area (Å²) in [6, 6.07) is 3.41. The lowest BCUT2D eigenvalue weighted by Gasteiger charge is -2.04. The van der Waals surface area contributed by atoms with E-state index in [1.165, 1.54) is 0 Å². The van der Waals surface area contributed by atoms with Gasteiger partial charge in [-0.25, -0.2) is 0 Å². The summed E-state index contributed by atoms with van der Waals surface area (Å²) < 4.78 is 47.8. The number of ether oxygens (including phenoxy) is 1. The molecule has 3 nitrogen and oxygen atoms in total. The Hall–Kier alpha value is -1.43. The minimum absolute atomic E-state index is 0.0390. The zero-order chi connectivity index (χ0) is 16.7. The molecule has 0 saturated heterocycles. The Kier molecular flexibility index (Phi) is 4.35. The molecule has 0 aliphatic heterocycles. The van der Waals surface area contributed by atoms with E-state index < -0.39 is 34.4 Å². The van der Waals surface area contributed by atoms with E-state index in [2.05, 4.69) is 0 Å². The molecule has 0 N–H and O–H groups in total. The lowest BCUT2D eigenvalue weighted by molar-refractivity contribution is -0.148. The molecule has 0 amide bonds. The summed E-state index contributed by atoms with van der Waals surface area (Å²) in [6.07, 6.45) is -3.70. The molecular formula is C15H16ClF3O3. The normalized spacial score (nSPS) is 24.2. The maximum atomic E-state index is 12.5. The summed E-state index contributed by atoms with van der Waals surface area (Å²) in [4.78, 5) is 12.0. The van der Waals surface area contributed by atoms with Gasteiger partial charge in [-0.05, 0) is 30.4 Å². The smallest absolute Gasteiger partial charge is 0.426 e. The molecule has 122 valence electrons. The Morgan fingerprint density at radius 3 is 2.59 bits per heavy atom. The zero-order valence-corrected chi connectivity index (χ0v) is 13.1. The van der Waals surface area contributed by atoms with Crippen LogP contribution in [0.5, 0.6) is 0 Å². The van der Waals surface area contributed by atoms with Crippen LogP contribution in [0.4, 0.5) is 13.2 Å². The van der Waals surface area contributed by atoms with Crippen molar-refractivity contribution in [2.45, 2.75) is 33.6 Å². The maximum Gasteiger partial charge on any atom is 0.426 e. The van der Waals surface area contributed by atoms with Crippen LogP contribution in [-0.4, -0.2) is 12.1 Å². The molecule has 1 aliphatic carbocycles. The van der Waals surface area contributed by atoms with Crippen LogP contribution in [0, 0.1) is 24.2 Å². The molecule has 2 rings (SSSR count). The van der Waals surface area contributed by atoms with E-state index in [1.807, 2.05) is 0 Å². The molecular weight excluding hydrogens is 321 g/mol. The van der Waals surface area contributed by atoms with Gasteiger partial charge in [0.15, 0.2) is 0 Å². The number of carbonyl (C=O) groups is 1. The highest BCUT2D eigenvalue weighted by atomic mass is 35.5. The summed E-state index contributed by atoms with van der Waals surface area (Å²) in [5, 5.41) is -1.21. The molecule has 2 unspecified atom stereocenters. The van der Waals surface area contributed by atoms with Gasteiger partial charge < -0.3 is 9.15 Å². The van der Waals surface area contributed by atoms with Crippen LogP contribution in [0.1, 0.15) is 25.4 Å². The fraction of sp³-hybridized carbons (Fsp3) is 0.533. The van der Waals surface area contributed by atoms with Crippen LogP contribution >= 0.6 is 11.6 Å². The van der Waals surface area contributed by atoms with Gasteiger partial charge in [0.1, 0.15) is 23.2 Å². The molecule has 22 heavy (non-hydrogen) atoms. The number of carbonyl (C=O) groups excluding carboxylic acids is 1. The zero-order valence-electron chi connectivity index (χ0n) is 12.3. The molecule has 1 fully saturated rings. The van der Waals surface area contributed by atoms with Crippen LogP contribution < -0.4 is 0 Å². The highest BCUT2D eigenvalue weighted by Gasteiger charge is 2.62. The van der Waals surface area contributed by atoms with Crippen molar-refractivity contribution in [3.63, 3.8) is 0 Å². The number of esters is 1. The maximum absolute atomic E-state index is 12.5. The predicted molar refractivity (Wildman–Crippen MR) is 74.0 cm³/mol. The monoisotopic (exact) mass is 336 g/mol. The standard InChI is InChI=1S/C15H16ClF3O3/c1-8-4-5-9(22-8)7-21-13(20)12-10(14(12,2)3)6-11(16)15(17,18)19/h4-6,10,12H,7H2,1-3H3/b11-6-. The molecule has 0 bridgehead atoms. The topological polar surface area (TPSA) is 39.4 Å². The van der Waals surface area contributed by atoms with Crippen molar-refractivity contribution in [1.82, 2.24) is 0 Å². The van der Waals surface area contributed by atoms with Crippen molar-refractivity contribution in [2.75, 3.05) is 0 Å². The Morgan fingerprint density at radius 1 is 1.45 bits per heavy atom. The average molecular weight is 337 g/mol. The van der Waals surface area contributed by atoms with Crippen molar-refractivity contribution in [3.8, 4) is 0 Å². The number of allylic oxidation sites excluding steroid dienone is 2. The number of alkyl halides is 3. The summed E-state index contributed by atoms with van der Waals surface area (Å²) >= 11 is 5.23. The third-order valence-electron chi connectivity index (χ3n) is 3.91. The molecule has 1 saturated carbocycles. The first-order valence-corrected chi connectivity index (χ1v) is 7.07. The summed E-state index contributed by atoms with van der Waals surface area (Å²) in [6.45, 7) is 5.13. The molecule has 0 spiro atoms. The van der Waals surface area contributed by atoms with E-state index in [1.54, 1.807) is 32.9 Å². The first-order valence-electron chi connectivity index (χ1n) is 6.70. The number of hydrogen-bond acceptors (Lipinski definition) is 3. The van der Waals surface area contributed by atoms with Gasteiger partial charge in [0, 0.05) is 0 Å². The van der Waals surface area contributed by atoms with Crippen molar-refractivity contribution in [2.24, 2.45) is 17.3 Å². The van der Waals surface area contributed by atoms with Crippen molar-refractivity contribution in [3.05, 3.63) is 34.8 Å². The fourth-order valence-corrected chi connectivity index (χ4v) is 2.62. The number of aryl methyl sites for hydroxylation is 1. The molecule has 7 heteroatoms. The van der Waals surface area contributed by atoms with Crippen LogP contribution in [0.25, 0.3) is 0 Å². The molecule has 0 aromatic carbocycles. The molecule has 0 radical (unpaired) electrons. The molecule has 1 aliphatic rings. The van der Waals surface area contributed by atoms with Crippen LogP contribution in [0.3, 0.4) is 0 Å². The molecule has 2 atom stereocenters. The average Bonchev–Trinajstić information content (AvgIpc) is 2.72. The van der Waals surface area contributed by atoms with Gasteiger partial charge in [-0.2, -0.15) is 13.2 Å². The molecule has 1 heterocycles. The van der Waals surface area contributed by atoms with Gasteiger partial charge in [0.25, 0.3) is 0 Å². The molecule has 1 aromatic rings. The summed E-state index contributed by atoms with van der Waals surface area (Å²) in [7, 11) is 0. The number of rotatable bonds is 4. The number of hydrogen-bond donors (Lipinski definition) is 0. The second kappa shape index (κ2) is 5.65. The first kappa shape index (κ1) is 16.9. The van der Waals surface area contributed by atoms with E-state index in [-0.39, 0.29) is 6.61 Å². The van der Waals surface area contributed by atoms with Crippen molar-refractivity contribution >= 4 is 17.6 Å². The van der Waals surface area contributed by atoms with E-state index in [9.17, 15) is 18.0 Å². The van der Waals surface area contributed by atoms with Crippen LogP contribution in [0.2, 0.25) is 0 Å².